The topological polar surface area (TPSA) is 77.6 Å². The van der Waals surface area contributed by atoms with E-state index < -0.39 is 0 Å². The smallest absolute Gasteiger partial charge is 0.251 e. The first-order chi connectivity index (χ1) is 14.2. The second-order valence-corrected chi connectivity index (χ2v) is 7.16. The molecule has 1 unspecified atom stereocenters. The highest BCUT2D eigenvalue weighted by Gasteiger charge is 2.17. The van der Waals surface area contributed by atoms with E-state index in [4.69, 9.17) is 0 Å². The van der Waals surface area contributed by atoms with Crippen LogP contribution in [0, 0.1) is 0 Å². The van der Waals surface area contributed by atoms with Gasteiger partial charge >= 0.3 is 0 Å². The summed E-state index contributed by atoms with van der Waals surface area (Å²) in [6.07, 6.45) is 8.79. The van der Waals surface area contributed by atoms with Gasteiger partial charge in [-0.05, 0) is 36.1 Å². The predicted octanol–water partition coefficient (Wildman–Crippen LogP) is 3.36. The van der Waals surface area contributed by atoms with Crippen molar-refractivity contribution in [2.45, 2.75) is 17.7 Å². The fourth-order valence-corrected chi connectivity index (χ4v) is 3.62. The molecule has 0 saturated heterocycles. The number of aromatic nitrogens is 5. The summed E-state index contributed by atoms with van der Waals surface area (Å²) < 4.78 is 3.70. The molecule has 0 saturated carbocycles. The van der Waals surface area contributed by atoms with Crippen LogP contribution in [0.2, 0.25) is 0 Å². The molecule has 0 aliphatic carbocycles. The van der Waals surface area contributed by atoms with Crippen molar-refractivity contribution in [1.82, 2.24) is 29.6 Å². The molecular formula is C21H20N6OS. The van der Waals surface area contributed by atoms with Crippen molar-refractivity contribution in [1.29, 1.82) is 0 Å². The molecular weight excluding hydrogens is 384 g/mol. The number of rotatable bonds is 7. The van der Waals surface area contributed by atoms with Crippen LogP contribution in [-0.4, -0.2) is 36.5 Å². The lowest BCUT2D eigenvalue weighted by molar-refractivity contribution is 0.0932. The van der Waals surface area contributed by atoms with Crippen molar-refractivity contribution < 1.29 is 4.79 Å². The van der Waals surface area contributed by atoms with Crippen molar-refractivity contribution in [2.24, 2.45) is 0 Å². The molecule has 2 aromatic carbocycles. The summed E-state index contributed by atoms with van der Waals surface area (Å²) in [5.41, 5.74) is 2.57. The van der Waals surface area contributed by atoms with Crippen molar-refractivity contribution >= 4 is 17.7 Å². The first-order valence-corrected chi connectivity index (χ1v) is 10.3. The summed E-state index contributed by atoms with van der Waals surface area (Å²) in [6, 6.07) is 17.1. The summed E-state index contributed by atoms with van der Waals surface area (Å²) in [5, 5.41) is 8.18. The normalized spacial score (nSPS) is 11.9. The van der Waals surface area contributed by atoms with E-state index in [1.807, 2.05) is 71.6 Å². The Morgan fingerprint density at radius 2 is 1.93 bits per heavy atom. The Hall–Kier alpha value is -3.39. The first-order valence-electron chi connectivity index (χ1n) is 9.10. The molecule has 4 aromatic rings. The van der Waals surface area contributed by atoms with Gasteiger partial charge in [-0.1, -0.05) is 42.1 Å². The minimum Gasteiger partial charge on any atom is -0.343 e. The molecule has 2 heterocycles. The van der Waals surface area contributed by atoms with Crippen LogP contribution in [0.5, 0.6) is 0 Å². The number of carbonyl (C=O) groups is 1. The molecule has 0 bridgehead atoms. The molecule has 2 aromatic heterocycles. The first kappa shape index (κ1) is 18.9. The maximum absolute atomic E-state index is 12.9. The summed E-state index contributed by atoms with van der Waals surface area (Å²) in [4.78, 5) is 21.2. The number of amides is 1. The van der Waals surface area contributed by atoms with Crippen LogP contribution in [0.25, 0.3) is 5.69 Å². The van der Waals surface area contributed by atoms with Gasteiger partial charge < -0.3 is 5.32 Å². The number of benzene rings is 2. The molecule has 0 radical (unpaired) electrons. The van der Waals surface area contributed by atoms with Crippen molar-refractivity contribution in [3.63, 3.8) is 0 Å². The van der Waals surface area contributed by atoms with Crippen LogP contribution >= 0.6 is 11.8 Å². The maximum atomic E-state index is 12.9. The SMILES string of the molecule is CSc1nccn1-c1ccc(C(=O)NC(Cn2cncn2)c2ccccc2)cc1. The van der Waals surface area contributed by atoms with Gasteiger partial charge in [-0.2, -0.15) is 5.10 Å². The lowest BCUT2D eigenvalue weighted by atomic mass is 10.1. The van der Waals surface area contributed by atoms with Gasteiger partial charge in [-0.15, -0.1) is 0 Å². The molecule has 0 spiro atoms. The fourth-order valence-electron chi connectivity index (χ4n) is 3.09. The standard InChI is InChI=1S/C21H20N6OS/c1-29-21-23-11-12-27(21)18-9-7-17(8-10-18)20(28)25-19(13-26-15-22-14-24-26)16-5-3-2-4-6-16/h2-12,14-15,19H,13H2,1H3,(H,25,28). The molecule has 4 rings (SSSR count). The molecule has 0 aliphatic heterocycles. The maximum Gasteiger partial charge on any atom is 0.251 e. The second kappa shape index (κ2) is 8.74. The highest BCUT2D eigenvalue weighted by atomic mass is 32.2. The van der Waals surface area contributed by atoms with E-state index in [1.165, 1.54) is 6.33 Å². The van der Waals surface area contributed by atoms with Crippen molar-refractivity contribution in [3.05, 3.63) is 90.8 Å². The Balaban J connectivity index is 1.53. The Labute approximate surface area is 172 Å². The molecule has 8 heteroatoms. The Morgan fingerprint density at radius 3 is 2.62 bits per heavy atom. The molecule has 1 N–H and O–H groups in total. The lowest BCUT2D eigenvalue weighted by Crippen LogP contribution is -2.31. The number of carbonyl (C=O) groups excluding carboxylic acids is 1. The summed E-state index contributed by atoms with van der Waals surface area (Å²) >= 11 is 1.57. The van der Waals surface area contributed by atoms with Gasteiger partial charge in [0, 0.05) is 23.6 Å². The number of nitrogens with zero attached hydrogens (tertiary/aromatic N) is 5. The quantitative estimate of drug-likeness (QED) is 0.478. The highest BCUT2D eigenvalue weighted by Crippen LogP contribution is 2.19. The molecule has 1 atom stereocenters. The summed E-state index contributed by atoms with van der Waals surface area (Å²) in [5.74, 6) is -0.138. The number of hydrogen-bond acceptors (Lipinski definition) is 5. The van der Waals surface area contributed by atoms with Gasteiger partial charge in [-0.3, -0.25) is 14.0 Å². The van der Waals surface area contributed by atoms with Gasteiger partial charge in [0.1, 0.15) is 12.7 Å². The third-order valence-electron chi connectivity index (χ3n) is 4.54. The van der Waals surface area contributed by atoms with Crippen LogP contribution in [0.1, 0.15) is 22.0 Å². The predicted molar refractivity (Wildman–Crippen MR) is 112 cm³/mol. The van der Waals surface area contributed by atoms with E-state index in [1.54, 1.807) is 29.0 Å². The number of thioether (sulfide) groups is 1. The molecule has 0 aliphatic rings. The van der Waals surface area contributed by atoms with Gasteiger partial charge in [0.05, 0.1) is 12.6 Å². The monoisotopic (exact) mass is 404 g/mol. The van der Waals surface area contributed by atoms with Crippen molar-refractivity contribution in [3.8, 4) is 5.69 Å². The zero-order valence-corrected chi connectivity index (χ0v) is 16.7. The molecule has 146 valence electrons. The van der Waals surface area contributed by atoms with Gasteiger partial charge in [0.15, 0.2) is 5.16 Å². The summed E-state index contributed by atoms with van der Waals surface area (Å²) in [6.45, 7) is 0.500. The summed E-state index contributed by atoms with van der Waals surface area (Å²) in [7, 11) is 0. The molecule has 1 amide bonds. The minimum absolute atomic E-state index is 0.138. The Bertz CT molecular complexity index is 1060. The number of hydrogen-bond donors (Lipinski definition) is 1. The van der Waals surface area contributed by atoms with Crippen LogP contribution in [0.15, 0.2) is 84.8 Å². The second-order valence-electron chi connectivity index (χ2n) is 6.39. The van der Waals surface area contributed by atoms with E-state index in [-0.39, 0.29) is 11.9 Å². The molecule has 29 heavy (non-hydrogen) atoms. The Morgan fingerprint density at radius 1 is 1.14 bits per heavy atom. The lowest BCUT2D eigenvalue weighted by Gasteiger charge is -2.19. The van der Waals surface area contributed by atoms with Crippen molar-refractivity contribution in [2.75, 3.05) is 6.26 Å². The Kier molecular flexibility index (Phi) is 5.71. The van der Waals surface area contributed by atoms with Crippen LogP contribution in [0.4, 0.5) is 0 Å². The number of imidazole rings is 1. The van der Waals surface area contributed by atoms with Gasteiger partial charge in [0.25, 0.3) is 5.91 Å². The fraction of sp³-hybridized carbons (Fsp3) is 0.143. The average Bonchev–Trinajstić information content (AvgIpc) is 3.46. The van der Waals surface area contributed by atoms with E-state index in [0.29, 0.717) is 12.1 Å². The van der Waals surface area contributed by atoms with Gasteiger partial charge in [0.2, 0.25) is 0 Å². The van der Waals surface area contributed by atoms with E-state index in [9.17, 15) is 4.79 Å². The zero-order valence-electron chi connectivity index (χ0n) is 15.8. The van der Waals surface area contributed by atoms with E-state index in [2.05, 4.69) is 20.4 Å². The average molecular weight is 404 g/mol. The minimum atomic E-state index is -0.221. The van der Waals surface area contributed by atoms with Crippen LogP contribution in [0.3, 0.4) is 0 Å². The third kappa shape index (κ3) is 4.38. The number of nitrogens with one attached hydrogen (secondary N) is 1. The van der Waals surface area contributed by atoms with E-state index >= 15 is 0 Å². The zero-order chi connectivity index (χ0) is 20.1. The highest BCUT2D eigenvalue weighted by molar-refractivity contribution is 7.98. The largest absolute Gasteiger partial charge is 0.343 e. The van der Waals surface area contributed by atoms with E-state index in [0.717, 1.165) is 16.4 Å². The molecule has 7 nitrogen and oxygen atoms in total. The van der Waals surface area contributed by atoms with Gasteiger partial charge in [-0.25, -0.2) is 9.97 Å². The van der Waals surface area contributed by atoms with Crippen LogP contribution < -0.4 is 5.32 Å². The molecule has 0 fully saturated rings. The third-order valence-corrected chi connectivity index (χ3v) is 5.21. The van der Waals surface area contributed by atoms with Crippen LogP contribution in [-0.2, 0) is 6.54 Å².